The number of hydrogen-bond donors (Lipinski definition) is 0. The zero-order valence-corrected chi connectivity index (χ0v) is 6.80. The highest BCUT2D eigenvalue weighted by molar-refractivity contribution is 5.30. The van der Waals surface area contributed by atoms with Crippen LogP contribution in [0.4, 0.5) is 4.39 Å². The van der Waals surface area contributed by atoms with E-state index in [1.165, 1.54) is 13.2 Å². The standard InChI is InChI=1S/C10H9FO/c1-3-4-8-5-6-10(12-2)9(11)7-8/h1,5-7H,4H2,2H3. The summed E-state index contributed by atoms with van der Waals surface area (Å²) in [4.78, 5) is 0. The molecule has 0 spiro atoms. The Kier molecular flexibility index (Phi) is 2.71. The summed E-state index contributed by atoms with van der Waals surface area (Å²) in [6.45, 7) is 0. The molecule has 62 valence electrons. The molecule has 1 rings (SSSR count). The number of halogens is 1. The first kappa shape index (κ1) is 8.61. The summed E-state index contributed by atoms with van der Waals surface area (Å²) >= 11 is 0. The van der Waals surface area contributed by atoms with E-state index in [9.17, 15) is 4.39 Å². The highest BCUT2D eigenvalue weighted by Crippen LogP contribution is 2.17. The zero-order valence-electron chi connectivity index (χ0n) is 6.80. The minimum absolute atomic E-state index is 0.246. The fourth-order valence-electron chi connectivity index (χ4n) is 0.938. The van der Waals surface area contributed by atoms with Crippen LogP contribution < -0.4 is 4.74 Å². The van der Waals surface area contributed by atoms with Gasteiger partial charge in [0.15, 0.2) is 11.6 Å². The Morgan fingerprint density at radius 1 is 1.58 bits per heavy atom. The predicted molar refractivity (Wildman–Crippen MR) is 45.5 cm³/mol. The largest absolute Gasteiger partial charge is 0.494 e. The van der Waals surface area contributed by atoms with Gasteiger partial charge in [0.1, 0.15) is 0 Å². The topological polar surface area (TPSA) is 9.23 Å². The van der Waals surface area contributed by atoms with E-state index >= 15 is 0 Å². The van der Waals surface area contributed by atoms with E-state index in [0.717, 1.165) is 5.56 Å². The first-order chi connectivity index (χ1) is 5.77. The van der Waals surface area contributed by atoms with Crippen molar-refractivity contribution in [2.24, 2.45) is 0 Å². The molecule has 0 heterocycles. The fourth-order valence-corrected chi connectivity index (χ4v) is 0.938. The predicted octanol–water partition coefficient (Wildman–Crippen LogP) is 2.01. The maximum atomic E-state index is 13.0. The van der Waals surface area contributed by atoms with Crippen LogP contribution in [0.25, 0.3) is 0 Å². The second kappa shape index (κ2) is 3.77. The van der Waals surface area contributed by atoms with E-state index in [-0.39, 0.29) is 11.6 Å². The number of ether oxygens (including phenoxy) is 1. The Morgan fingerprint density at radius 2 is 2.33 bits per heavy atom. The summed E-state index contributed by atoms with van der Waals surface area (Å²) in [7, 11) is 1.43. The molecule has 0 fully saturated rings. The van der Waals surface area contributed by atoms with Gasteiger partial charge in [-0.15, -0.1) is 12.3 Å². The summed E-state index contributed by atoms with van der Waals surface area (Å²) in [6, 6.07) is 4.71. The van der Waals surface area contributed by atoms with Gasteiger partial charge in [-0.1, -0.05) is 6.07 Å². The number of terminal acetylenes is 1. The van der Waals surface area contributed by atoms with Crippen LogP contribution in [-0.4, -0.2) is 7.11 Å². The maximum absolute atomic E-state index is 13.0. The van der Waals surface area contributed by atoms with Crippen molar-refractivity contribution in [2.45, 2.75) is 6.42 Å². The van der Waals surface area contributed by atoms with Gasteiger partial charge in [0, 0.05) is 6.42 Å². The van der Waals surface area contributed by atoms with Crippen LogP contribution in [0.15, 0.2) is 18.2 Å². The van der Waals surface area contributed by atoms with E-state index in [0.29, 0.717) is 6.42 Å². The molecular weight excluding hydrogens is 155 g/mol. The van der Waals surface area contributed by atoms with Crippen molar-refractivity contribution < 1.29 is 9.13 Å². The lowest BCUT2D eigenvalue weighted by Gasteiger charge is -2.02. The monoisotopic (exact) mass is 164 g/mol. The number of benzene rings is 1. The first-order valence-electron chi connectivity index (χ1n) is 3.54. The Morgan fingerprint density at radius 3 is 2.83 bits per heavy atom. The average molecular weight is 164 g/mol. The van der Waals surface area contributed by atoms with Crippen molar-refractivity contribution >= 4 is 0 Å². The van der Waals surface area contributed by atoms with Gasteiger partial charge in [0.05, 0.1) is 7.11 Å². The van der Waals surface area contributed by atoms with Gasteiger partial charge in [-0.2, -0.15) is 0 Å². The molecule has 0 radical (unpaired) electrons. The van der Waals surface area contributed by atoms with Crippen LogP contribution in [0.2, 0.25) is 0 Å². The highest BCUT2D eigenvalue weighted by atomic mass is 19.1. The lowest BCUT2D eigenvalue weighted by Crippen LogP contribution is -1.89. The van der Waals surface area contributed by atoms with E-state index in [2.05, 4.69) is 5.92 Å². The molecule has 0 aliphatic carbocycles. The minimum Gasteiger partial charge on any atom is -0.494 e. The van der Waals surface area contributed by atoms with Gasteiger partial charge in [0.25, 0.3) is 0 Å². The maximum Gasteiger partial charge on any atom is 0.165 e. The number of rotatable bonds is 2. The van der Waals surface area contributed by atoms with Gasteiger partial charge in [-0.25, -0.2) is 4.39 Å². The van der Waals surface area contributed by atoms with Crippen molar-refractivity contribution in [3.63, 3.8) is 0 Å². The molecule has 0 aliphatic rings. The van der Waals surface area contributed by atoms with Crippen molar-refractivity contribution in [1.82, 2.24) is 0 Å². The number of methoxy groups -OCH3 is 1. The van der Waals surface area contributed by atoms with Gasteiger partial charge >= 0.3 is 0 Å². The zero-order chi connectivity index (χ0) is 8.97. The molecule has 1 aromatic rings. The van der Waals surface area contributed by atoms with Gasteiger partial charge in [-0.3, -0.25) is 0 Å². The van der Waals surface area contributed by atoms with Crippen molar-refractivity contribution in [2.75, 3.05) is 7.11 Å². The van der Waals surface area contributed by atoms with Crippen molar-refractivity contribution in [3.8, 4) is 18.1 Å². The third-order valence-corrected chi connectivity index (χ3v) is 1.52. The second-order valence-corrected chi connectivity index (χ2v) is 2.35. The number of hydrogen-bond acceptors (Lipinski definition) is 1. The molecular formula is C10H9FO. The molecule has 0 aromatic heterocycles. The first-order valence-corrected chi connectivity index (χ1v) is 3.54. The normalized spacial score (nSPS) is 9.08. The third kappa shape index (κ3) is 1.76. The van der Waals surface area contributed by atoms with Crippen LogP contribution in [0.5, 0.6) is 5.75 Å². The smallest absolute Gasteiger partial charge is 0.165 e. The molecule has 0 aliphatic heterocycles. The molecule has 0 N–H and O–H groups in total. The third-order valence-electron chi connectivity index (χ3n) is 1.52. The molecule has 0 saturated heterocycles. The molecule has 0 saturated carbocycles. The van der Waals surface area contributed by atoms with Crippen molar-refractivity contribution in [1.29, 1.82) is 0 Å². The average Bonchev–Trinajstić information content (AvgIpc) is 2.05. The summed E-state index contributed by atoms with van der Waals surface area (Å²) < 4.78 is 17.7. The molecule has 2 heteroatoms. The van der Waals surface area contributed by atoms with E-state index in [4.69, 9.17) is 11.2 Å². The Labute approximate surface area is 71.2 Å². The van der Waals surface area contributed by atoms with Gasteiger partial charge < -0.3 is 4.74 Å². The van der Waals surface area contributed by atoms with E-state index in [1.54, 1.807) is 12.1 Å². The summed E-state index contributed by atoms with van der Waals surface area (Å²) in [6.07, 6.45) is 5.52. The molecule has 0 amide bonds. The summed E-state index contributed by atoms with van der Waals surface area (Å²) in [5, 5.41) is 0. The van der Waals surface area contributed by atoms with E-state index < -0.39 is 0 Å². The quantitative estimate of drug-likeness (QED) is 0.607. The molecule has 12 heavy (non-hydrogen) atoms. The summed E-state index contributed by atoms with van der Waals surface area (Å²) in [5.41, 5.74) is 0.788. The highest BCUT2D eigenvalue weighted by Gasteiger charge is 2.01. The SMILES string of the molecule is C#CCc1ccc(OC)c(F)c1. The van der Waals surface area contributed by atoms with Crippen molar-refractivity contribution in [3.05, 3.63) is 29.6 Å². The van der Waals surface area contributed by atoms with Crippen LogP contribution in [0, 0.1) is 18.2 Å². The van der Waals surface area contributed by atoms with Crippen LogP contribution in [0.3, 0.4) is 0 Å². The molecule has 0 unspecified atom stereocenters. The van der Waals surface area contributed by atoms with Gasteiger partial charge in [0.2, 0.25) is 0 Å². The Bertz CT molecular complexity index is 312. The lowest BCUT2D eigenvalue weighted by atomic mass is 10.1. The molecule has 1 nitrogen and oxygen atoms in total. The molecule has 1 aromatic carbocycles. The Balaban J connectivity index is 2.95. The van der Waals surface area contributed by atoms with Gasteiger partial charge in [-0.05, 0) is 17.7 Å². The summed E-state index contributed by atoms with van der Waals surface area (Å²) in [5.74, 6) is 2.32. The fraction of sp³-hybridized carbons (Fsp3) is 0.200. The van der Waals surface area contributed by atoms with E-state index in [1.807, 2.05) is 0 Å². The Hall–Kier alpha value is -1.49. The van der Waals surface area contributed by atoms with Crippen LogP contribution >= 0.6 is 0 Å². The second-order valence-electron chi connectivity index (χ2n) is 2.35. The lowest BCUT2D eigenvalue weighted by molar-refractivity contribution is 0.386. The molecule has 0 atom stereocenters. The van der Waals surface area contributed by atoms with Crippen LogP contribution in [0.1, 0.15) is 5.56 Å². The van der Waals surface area contributed by atoms with Crippen LogP contribution in [-0.2, 0) is 6.42 Å². The minimum atomic E-state index is -0.370. The molecule has 0 bridgehead atoms.